The van der Waals surface area contributed by atoms with E-state index in [-0.39, 0.29) is 6.17 Å². The summed E-state index contributed by atoms with van der Waals surface area (Å²) in [5, 5.41) is 10.5. The second-order valence-electron chi connectivity index (χ2n) is 1.87. The number of hydrogen-bond acceptors (Lipinski definition) is 4. The summed E-state index contributed by atoms with van der Waals surface area (Å²) in [6, 6.07) is 0. The topological polar surface area (TPSA) is 40.0 Å². The largest absolute Gasteiger partial charge is 0.365 e. The van der Waals surface area contributed by atoms with E-state index in [9.17, 15) is 0 Å². The lowest BCUT2D eigenvalue weighted by Crippen LogP contribution is -2.37. The highest BCUT2D eigenvalue weighted by Crippen LogP contribution is 2.02. The Morgan fingerprint density at radius 1 is 1.44 bits per heavy atom. The maximum atomic E-state index is 3.72. The molecule has 0 aromatic heterocycles. The van der Waals surface area contributed by atoms with E-state index < -0.39 is 0 Å². The third kappa shape index (κ3) is 0.595. The van der Waals surface area contributed by atoms with E-state index >= 15 is 0 Å². The molecule has 9 heavy (non-hydrogen) atoms. The van der Waals surface area contributed by atoms with Gasteiger partial charge in [-0.2, -0.15) is 5.10 Å². The quantitative estimate of drug-likeness (QED) is 0.480. The molecule has 2 aliphatic heterocycles. The van der Waals surface area contributed by atoms with Gasteiger partial charge in [0.2, 0.25) is 0 Å². The van der Waals surface area contributed by atoms with Crippen LogP contribution in [0.5, 0.6) is 0 Å². The van der Waals surface area contributed by atoms with Crippen LogP contribution in [0.25, 0.3) is 0 Å². The molecule has 1 N–H and O–H groups in total. The Labute approximate surface area is 52.6 Å². The van der Waals surface area contributed by atoms with Crippen molar-refractivity contribution in [2.24, 2.45) is 10.2 Å². The second-order valence-corrected chi connectivity index (χ2v) is 1.87. The highest BCUT2D eigenvalue weighted by Gasteiger charge is 2.15. The SMILES string of the molecule is C1=CN2C=NN=CC2N1. The molecular formula is C5H6N4. The van der Waals surface area contributed by atoms with Gasteiger partial charge in [-0.05, 0) is 0 Å². The van der Waals surface area contributed by atoms with Gasteiger partial charge in [-0.15, -0.1) is 5.10 Å². The van der Waals surface area contributed by atoms with Crippen LogP contribution in [0.3, 0.4) is 0 Å². The van der Waals surface area contributed by atoms with E-state index in [1.165, 1.54) is 0 Å². The smallest absolute Gasteiger partial charge is 0.142 e. The van der Waals surface area contributed by atoms with Crippen LogP contribution in [0.2, 0.25) is 0 Å². The number of nitrogens with one attached hydrogen (secondary N) is 1. The molecule has 2 heterocycles. The summed E-state index contributed by atoms with van der Waals surface area (Å²) in [6.07, 6.45) is 7.41. The van der Waals surface area contributed by atoms with E-state index in [1.807, 2.05) is 17.3 Å². The number of rotatable bonds is 0. The van der Waals surface area contributed by atoms with Gasteiger partial charge in [0.15, 0.2) is 0 Å². The zero-order valence-corrected chi connectivity index (χ0v) is 4.73. The summed E-state index contributed by atoms with van der Waals surface area (Å²) in [7, 11) is 0. The summed E-state index contributed by atoms with van der Waals surface area (Å²) in [5.74, 6) is 0. The lowest BCUT2D eigenvalue weighted by atomic mass is 10.5. The van der Waals surface area contributed by atoms with Crippen molar-refractivity contribution in [1.29, 1.82) is 0 Å². The van der Waals surface area contributed by atoms with Crippen molar-refractivity contribution in [2.45, 2.75) is 6.17 Å². The molecule has 0 bridgehead atoms. The van der Waals surface area contributed by atoms with Gasteiger partial charge in [0, 0.05) is 12.4 Å². The third-order valence-corrected chi connectivity index (χ3v) is 1.29. The van der Waals surface area contributed by atoms with Gasteiger partial charge in [-0.25, -0.2) is 0 Å². The number of nitrogens with zero attached hydrogens (tertiary/aromatic N) is 3. The average Bonchev–Trinajstić information content (AvgIpc) is 2.33. The molecule has 2 rings (SSSR count). The molecule has 0 radical (unpaired) electrons. The van der Waals surface area contributed by atoms with Crippen LogP contribution in [0.4, 0.5) is 0 Å². The van der Waals surface area contributed by atoms with Crippen LogP contribution < -0.4 is 5.32 Å². The summed E-state index contributed by atoms with van der Waals surface area (Å²) < 4.78 is 0. The maximum Gasteiger partial charge on any atom is 0.142 e. The second kappa shape index (κ2) is 1.58. The predicted octanol–water partition coefficient (Wildman–Crippen LogP) is -0.283. The lowest BCUT2D eigenvalue weighted by molar-refractivity contribution is 0.507. The molecule has 4 nitrogen and oxygen atoms in total. The summed E-state index contributed by atoms with van der Waals surface area (Å²) in [4.78, 5) is 1.94. The van der Waals surface area contributed by atoms with Crippen LogP contribution in [-0.4, -0.2) is 23.6 Å². The molecule has 46 valence electrons. The molecule has 0 saturated heterocycles. The fraction of sp³-hybridized carbons (Fsp3) is 0.200. The average molecular weight is 122 g/mol. The van der Waals surface area contributed by atoms with Crippen molar-refractivity contribution in [3.8, 4) is 0 Å². The molecule has 0 spiro atoms. The molecular weight excluding hydrogens is 116 g/mol. The first-order chi connectivity index (χ1) is 4.47. The molecule has 0 aliphatic carbocycles. The van der Waals surface area contributed by atoms with Crippen molar-refractivity contribution >= 4 is 12.6 Å². The van der Waals surface area contributed by atoms with Crippen molar-refractivity contribution in [3.63, 3.8) is 0 Å². The molecule has 0 aromatic rings. The number of hydrogen-bond donors (Lipinski definition) is 1. The molecule has 1 unspecified atom stereocenters. The van der Waals surface area contributed by atoms with E-state index in [0.29, 0.717) is 0 Å². The van der Waals surface area contributed by atoms with Gasteiger partial charge < -0.3 is 10.2 Å². The number of fused-ring (bicyclic) bond motifs is 1. The summed E-state index contributed by atoms with van der Waals surface area (Å²) in [6.45, 7) is 0. The zero-order valence-electron chi connectivity index (χ0n) is 4.73. The first-order valence-corrected chi connectivity index (χ1v) is 2.74. The van der Waals surface area contributed by atoms with E-state index in [4.69, 9.17) is 0 Å². The molecule has 0 amide bonds. The molecule has 2 aliphatic rings. The minimum Gasteiger partial charge on any atom is -0.365 e. The standard InChI is InChI=1S/C5H6N4/c1-2-9-4-8-7-3-5(9)6-1/h1-6H. The summed E-state index contributed by atoms with van der Waals surface area (Å²) >= 11 is 0. The summed E-state index contributed by atoms with van der Waals surface area (Å²) in [5.41, 5.74) is 0. The van der Waals surface area contributed by atoms with Crippen LogP contribution >= 0.6 is 0 Å². The fourth-order valence-electron chi connectivity index (χ4n) is 0.828. The molecule has 0 fully saturated rings. The van der Waals surface area contributed by atoms with Crippen molar-refractivity contribution in [3.05, 3.63) is 12.4 Å². The normalized spacial score (nSPS) is 28.4. The predicted molar refractivity (Wildman–Crippen MR) is 34.9 cm³/mol. The minimum absolute atomic E-state index is 0.197. The third-order valence-electron chi connectivity index (χ3n) is 1.29. The Balaban J connectivity index is 2.25. The van der Waals surface area contributed by atoms with Gasteiger partial charge in [0.25, 0.3) is 0 Å². The van der Waals surface area contributed by atoms with Crippen LogP contribution in [0, 0.1) is 0 Å². The van der Waals surface area contributed by atoms with Crippen LogP contribution in [-0.2, 0) is 0 Å². The lowest BCUT2D eigenvalue weighted by Gasteiger charge is -2.17. The first-order valence-electron chi connectivity index (χ1n) is 2.74. The highest BCUT2D eigenvalue weighted by atomic mass is 15.4. The molecule has 1 atom stereocenters. The zero-order chi connectivity index (χ0) is 6.10. The van der Waals surface area contributed by atoms with Crippen LogP contribution in [0.1, 0.15) is 0 Å². The maximum absolute atomic E-state index is 3.72. The molecule has 0 aromatic carbocycles. The Morgan fingerprint density at radius 2 is 2.44 bits per heavy atom. The fourth-order valence-corrected chi connectivity index (χ4v) is 0.828. The van der Waals surface area contributed by atoms with E-state index in [2.05, 4.69) is 15.5 Å². The molecule has 0 saturated carbocycles. The highest BCUT2D eigenvalue weighted by molar-refractivity contribution is 5.74. The Bertz CT molecular complexity index is 193. The van der Waals surface area contributed by atoms with Gasteiger partial charge >= 0.3 is 0 Å². The van der Waals surface area contributed by atoms with Gasteiger partial charge in [-0.3, -0.25) is 0 Å². The van der Waals surface area contributed by atoms with Gasteiger partial charge in [0.05, 0.1) is 6.21 Å². The monoisotopic (exact) mass is 122 g/mol. The Hall–Kier alpha value is -1.32. The Morgan fingerprint density at radius 3 is 3.33 bits per heavy atom. The van der Waals surface area contributed by atoms with E-state index in [0.717, 1.165) is 0 Å². The van der Waals surface area contributed by atoms with Gasteiger partial charge in [-0.1, -0.05) is 0 Å². The van der Waals surface area contributed by atoms with Crippen molar-refractivity contribution in [2.75, 3.05) is 0 Å². The van der Waals surface area contributed by atoms with Crippen molar-refractivity contribution < 1.29 is 0 Å². The Kier molecular flexibility index (Phi) is 0.798. The first kappa shape index (κ1) is 4.55. The molecule has 4 heteroatoms. The van der Waals surface area contributed by atoms with Gasteiger partial charge in [0.1, 0.15) is 12.5 Å². The van der Waals surface area contributed by atoms with E-state index in [1.54, 1.807) is 12.6 Å². The minimum atomic E-state index is 0.197. The van der Waals surface area contributed by atoms with Crippen LogP contribution in [0.15, 0.2) is 22.6 Å². The van der Waals surface area contributed by atoms with Crippen molar-refractivity contribution in [1.82, 2.24) is 10.2 Å².